The zero-order valence-electron chi connectivity index (χ0n) is 15.5. The largest absolute Gasteiger partial charge is 0.336 e. The molecule has 5 nitrogen and oxygen atoms in total. The minimum Gasteiger partial charge on any atom is -0.336 e. The molecule has 1 saturated heterocycles. The van der Waals surface area contributed by atoms with Gasteiger partial charge in [0, 0.05) is 23.8 Å². The fourth-order valence-corrected chi connectivity index (χ4v) is 2.88. The number of nitrogens with zero attached hydrogens (tertiary/aromatic N) is 1. The second-order valence-electron chi connectivity index (χ2n) is 7.75. The van der Waals surface area contributed by atoms with Gasteiger partial charge in [-0.05, 0) is 55.9 Å². The molecular weight excluding hydrogens is 338 g/mol. The zero-order valence-corrected chi connectivity index (χ0v) is 16.4. The summed E-state index contributed by atoms with van der Waals surface area (Å²) >= 11 is 0. The third kappa shape index (κ3) is 5.44. The monoisotopic (exact) mass is 367 g/mol. The highest BCUT2D eigenvalue weighted by Crippen LogP contribution is 2.21. The number of nitrogens with two attached hydrogens (primary N) is 1. The zero-order chi connectivity index (χ0) is 17.9. The number of benzene rings is 1. The van der Waals surface area contributed by atoms with Crippen molar-refractivity contribution in [2.75, 3.05) is 11.9 Å². The first kappa shape index (κ1) is 21.5. The van der Waals surface area contributed by atoms with Gasteiger partial charge in [-0.25, -0.2) is 0 Å². The van der Waals surface area contributed by atoms with Crippen LogP contribution in [-0.4, -0.2) is 35.3 Å². The molecule has 1 aromatic rings. The summed E-state index contributed by atoms with van der Waals surface area (Å²) in [5.41, 5.74) is 6.97. The summed E-state index contributed by atoms with van der Waals surface area (Å²) in [5.74, 6) is -0.155. The second-order valence-corrected chi connectivity index (χ2v) is 7.75. The van der Waals surface area contributed by atoms with Crippen LogP contribution in [0.2, 0.25) is 0 Å². The summed E-state index contributed by atoms with van der Waals surface area (Å²) in [6.45, 7) is 8.70. The lowest BCUT2D eigenvalue weighted by Crippen LogP contribution is -2.45. The van der Waals surface area contributed by atoms with Crippen molar-refractivity contribution < 1.29 is 9.59 Å². The number of rotatable bonds is 3. The normalized spacial score (nSPS) is 18.9. The lowest BCUT2D eigenvalue weighted by atomic mass is 9.87. The summed E-state index contributed by atoms with van der Waals surface area (Å²) in [5, 5.41) is 2.81. The van der Waals surface area contributed by atoms with Crippen molar-refractivity contribution in [3.8, 4) is 0 Å². The van der Waals surface area contributed by atoms with Crippen LogP contribution in [0.15, 0.2) is 24.3 Å². The molecule has 1 aliphatic heterocycles. The maximum atomic E-state index is 12.6. The summed E-state index contributed by atoms with van der Waals surface area (Å²) in [4.78, 5) is 26.7. The Hall–Kier alpha value is -1.59. The number of nitrogens with one attached hydrogen (secondary N) is 1. The lowest BCUT2D eigenvalue weighted by molar-refractivity contribution is -0.119. The molecule has 1 heterocycles. The third-order valence-electron chi connectivity index (χ3n) is 4.68. The van der Waals surface area contributed by atoms with Gasteiger partial charge in [0.05, 0.1) is 6.04 Å². The minimum atomic E-state index is -0.590. The van der Waals surface area contributed by atoms with Gasteiger partial charge < -0.3 is 16.0 Å². The SMILES string of the molecule is CC1CCCCN1C(=O)c1ccc(NC(=O)[C@@H](N)C(C)(C)C)cc1.Cl. The summed E-state index contributed by atoms with van der Waals surface area (Å²) in [6, 6.07) is 6.75. The Bertz CT molecular complexity index is 596. The van der Waals surface area contributed by atoms with Gasteiger partial charge in [0.1, 0.15) is 0 Å². The molecule has 1 unspecified atom stereocenters. The van der Waals surface area contributed by atoms with Gasteiger partial charge in [0.25, 0.3) is 5.91 Å². The molecule has 0 saturated carbocycles. The van der Waals surface area contributed by atoms with E-state index in [1.54, 1.807) is 24.3 Å². The van der Waals surface area contributed by atoms with Crippen molar-refractivity contribution in [2.45, 2.75) is 59.0 Å². The van der Waals surface area contributed by atoms with E-state index in [2.05, 4.69) is 12.2 Å². The van der Waals surface area contributed by atoms with Crippen molar-refractivity contribution in [3.05, 3.63) is 29.8 Å². The van der Waals surface area contributed by atoms with E-state index in [1.165, 1.54) is 6.42 Å². The van der Waals surface area contributed by atoms with E-state index in [0.29, 0.717) is 11.3 Å². The Morgan fingerprint density at radius 2 is 1.80 bits per heavy atom. The topological polar surface area (TPSA) is 75.4 Å². The van der Waals surface area contributed by atoms with Crippen LogP contribution in [0, 0.1) is 5.41 Å². The van der Waals surface area contributed by atoms with Crippen LogP contribution < -0.4 is 11.1 Å². The number of hydrogen-bond donors (Lipinski definition) is 2. The number of piperidine rings is 1. The van der Waals surface area contributed by atoms with Crippen molar-refractivity contribution >= 4 is 29.9 Å². The quantitative estimate of drug-likeness (QED) is 0.859. The number of hydrogen-bond acceptors (Lipinski definition) is 3. The van der Waals surface area contributed by atoms with Gasteiger partial charge >= 0.3 is 0 Å². The second kappa shape index (κ2) is 8.68. The van der Waals surface area contributed by atoms with Crippen molar-refractivity contribution in [1.29, 1.82) is 0 Å². The molecule has 0 spiro atoms. The maximum Gasteiger partial charge on any atom is 0.254 e. The molecule has 3 N–H and O–H groups in total. The number of carbonyl (C=O) groups excluding carboxylic acids is 2. The van der Waals surface area contributed by atoms with Gasteiger partial charge in [-0.15, -0.1) is 12.4 Å². The summed E-state index contributed by atoms with van der Waals surface area (Å²) in [6.07, 6.45) is 3.31. The Labute approximate surface area is 156 Å². The summed E-state index contributed by atoms with van der Waals surface area (Å²) < 4.78 is 0. The number of likely N-dealkylation sites (tertiary alicyclic amines) is 1. The predicted octanol–water partition coefficient (Wildman–Crippen LogP) is 3.43. The molecule has 1 fully saturated rings. The van der Waals surface area contributed by atoms with Crippen LogP contribution in [0.3, 0.4) is 0 Å². The molecule has 140 valence electrons. The summed E-state index contributed by atoms with van der Waals surface area (Å²) in [7, 11) is 0. The molecule has 0 bridgehead atoms. The Morgan fingerprint density at radius 3 is 2.32 bits per heavy atom. The lowest BCUT2D eigenvalue weighted by Gasteiger charge is -2.33. The van der Waals surface area contributed by atoms with E-state index < -0.39 is 6.04 Å². The highest BCUT2D eigenvalue weighted by atomic mass is 35.5. The standard InChI is InChI=1S/C19H29N3O2.ClH/c1-13-7-5-6-12-22(13)18(24)14-8-10-15(11-9-14)21-17(23)16(20)19(2,3)4;/h8-11,13,16H,5-7,12,20H2,1-4H3,(H,21,23);1H/t13?,16-;/m1./s1. The third-order valence-corrected chi connectivity index (χ3v) is 4.68. The van der Waals surface area contributed by atoms with E-state index in [0.717, 1.165) is 19.4 Å². The van der Waals surface area contributed by atoms with E-state index in [1.807, 2.05) is 25.7 Å². The van der Waals surface area contributed by atoms with Crippen molar-refractivity contribution in [2.24, 2.45) is 11.1 Å². The van der Waals surface area contributed by atoms with Crippen molar-refractivity contribution in [3.63, 3.8) is 0 Å². The average molecular weight is 368 g/mol. The molecule has 6 heteroatoms. The van der Waals surface area contributed by atoms with Gasteiger partial charge in [-0.3, -0.25) is 9.59 Å². The fourth-order valence-electron chi connectivity index (χ4n) is 2.88. The molecule has 0 radical (unpaired) electrons. The Balaban J connectivity index is 0.00000312. The van der Waals surface area contributed by atoms with Crippen LogP contribution in [-0.2, 0) is 4.79 Å². The van der Waals surface area contributed by atoms with Crippen LogP contribution >= 0.6 is 12.4 Å². The van der Waals surface area contributed by atoms with Crippen LogP contribution in [0.1, 0.15) is 57.3 Å². The van der Waals surface area contributed by atoms with E-state index in [9.17, 15) is 9.59 Å². The molecule has 25 heavy (non-hydrogen) atoms. The predicted molar refractivity (Wildman–Crippen MR) is 104 cm³/mol. The molecule has 2 rings (SSSR count). The average Bonchev–Trinajstić information content (AvgIpc) is 2.53. The Morgan fingerprint density at radius 1 is 1.20 bits per heavy atom. The first-order valence-corrected chi connectivity index (χ1v) is 8.67. The van der Waals surface area contributed by atoms with E-state index in [-0.39, 0.29) is 35.7 Å². The molecule has 0 aliphatic carbocycles. The number of amides is 2. The van der Waals surface area contributed by atoms with Crippen LogP contribution in [0.5, 0.6) is 0 Å². The van der Waals surface area contributed by atoms with E-state index >= 15 is 0 Å². The first-order chi connectivity index (χ1) is 11.2. The molecule has 2 amide bonds. The number of carbonyl (C=O) groups is 2. The van der Waals surface area contributed by atoms with Crippen LogP contribution in [0.25, 0.3) is 0 Å². The first-order valence-electron chi connectivity index (χ1n) is 8.67. The minimum absolute atomic E-state index is 0. The highest BCUT2D eigenvalue weighted by molar-refractivity contribution is 5.97. The van der Waals surface area contributed by atoms with Gasteiger partial charge in [0.15, 0.2) is 0 Å². The molecule has 1 aromatic carbocycles. The maximum absolute atomic E-state index is 12.6. The molecule has 2 atom stereocenters. The molecular formula is C19H30ClN3O2. The fraction of sp³-hybridized carbons (Fsp3) is 0.579. The highest BCUT2D eigenvalue weighted by Gasteiger charge is 2.28. The number of halogens is 1. The molecule has 1 aliphatic rings. The number of anilines is 1. The van der Waals surface area contributed by atoms with Crippen LogP contribution in [0.4, 0.5) is 5.69 Å². The van der Waals surface area contributed by atoms with E-state index in [4.69, 9.17) is 5.73 Å². The molecule has 0 aromatic heterocycles. The van der Waals surface area contributed by atoms with Crippen molar-refractivity contribution in [1.82, 2.24) is 4.90 Å². The van der Waals surface area contributed by atoms with Gasteiger partial charge in [-0.1, -0.05) is 20.8 Å². The van der Waals surface area contributed by atoms with Gasteiger partial charge in [0.2, 0.25) is 5.91 Å². The smallest absolute Gasteiger partial charge is 0.254 e. The Kier molecular flexibility index (Phi) is 7.44. The van der Waals surface area contributed by atoms with Gasteiger partial charge in [-0.2, -0.15) is 0 Å².